The second-order valence-electron chi connectivity index (χ2n) is 4.22. The fourth-order valence-corrected chi connectivity index (χ4v) is 3.42. The van der Waals surface area contributed by atoms with Gasteiger partial charge in [0, 0.05) is 4.88 Å². The zero-order valence-corrected chi connectivity index (χ0v) is 9.72. The fraction of sp³-hybridized carbons (Fsp3) is 0.500. The van der Waals surface area contributed by atoms with Crippen LogP contribution in [-0.4, -0.2) is 11.1 Å². The summed E-state index contributed by atoms with van der Waals surface area (Å²) in [6.07, 6.45) is 4.45. The Balaban J connectivity index is 2.39. The van der Waals surface area contributed by atoms with Crippen molar-refractivity contribution in [3.8, 4) is 6.07 Å². The van der Waals surface area contributed by atoms with Crippen molar-refractivity contribution in [1.82, 2.24) is 0 Å². The summed E-state index contributed by atoms with van der Waals surface area (Å²) in [7, 11) is 0. The van der Waals surface area contributed by atoms with Crippen LogP contribution < -0.4 is 0 Å². The molecule has 4 heteroatoms. The van der Waals surface area contributed by atoms with Crippen LogP contribution in [0.25, 0.3) is 0 Å². The van der Waals surface area contributed by atoms with Crippen LogP contribution in [0.15, 0.2) is 12.1 Å². The van der Waals surface area contributed by atoms with Gasteiger partial charge in [-0.15, -0.1) is 11.3 Å². The van der Waals surface area contributed by atoms with E-state index in [-0.39, 0.29) is 0 Å². The van der Waals surface area contributed by atoms with Crippen molar-refractivity contribution in [2.75, 3.05) is 0 Å². The molecule has 16 heavy (non-hydrogen) atoms. The Labute approximate surface area is 98.3 Å². The van der Waals surface area contributed by atoms with E-state index in [0.717, 1.165) is 24.1 Å². The molecule has 2 rings (SSSR count). The molecule has 0 radical (unpaired) electrons. The Bertz CT molecular complexity index is 438. The molecule has 0 unspecified atom stereocenters. The number of hydrogen-bond donors (Lipinski definition) is 1. The first-order chi connectivity index (χ1) is 7.69. The summed E-state index contributed by atoms with van der Waals surface area (Å²) in [5.74, 6) is -0.737. The predicted molar refractivity (Wildman–Crippen MR) is 61.4 cm³/mol. The van der Waals surface area contributed by atoms with Crippen LogP contribution in [0.5, 0.6) is 0 Å². The zero-order valence-electron chi connectivity index (χ0n) is 8.90. The highest BCUT2D eigenvalue weighted by Gasteiger charge is 2.42. The lowest BCUT2D eigenvalue weighted by Crippen LogP contribution is -2.36. The van der Waals surface area contributed by atoms with Crippen molar-refractivity contribution in [3.63, 3.8) is 0 Å². The first-order valence-corrected chi connectivity index (χ1v) is 6.24. The van der Waals surface area contributed by atoms with Crippen molar-refractivity contribution in [3.05, 3.63) is 21.9 Å². The van der Waals surface area contributed by atoms with E-state index >= 15 is 0 Å². The largest absolute Gasteiger partial charge is 0.481 e. The Morgan fingerprint density at radius 1 is 1.38 bits per heavy atom. The topological polar surface area (TPSA) is 61.1 Å². The molecule has 0 bridgehead atoms. The molecule has 0 aromatic carbocycles. The second kappa shape index (κ2) is 4.26. The van der Waals surface area contributed by atoms with Gasteiger partial charge in [-0.3, -0.25) is 4.79 Å². The van der Waals surface area contributed by atoms with E-state index in [1.165, 1.54) is 11.3 Å². The average molecular weight is 235 g/mol. The highest BCUT2D eigenvalue weighted by Crippen LogP contribution is 2.42. The van der Waals surface area contributed by atoms with Crippen LogP contribution in [0.1, 0.15) is 41.9 Å². The lowest BCUT2D eigenvalue weighted by molar-refractivity contribution is -0.145. The van der Waals surface area contributed by atoms with Crippen LogP contribution >= 0.6 is 11.3 Å². The summed E-state index contributed by atoms with van der Waals surface area (Å²) in [6.45, 7) is 0. The van der Waals surface area contributed by atoms with Gasteiger partial charge in [0.1, 0.15) is 16.4 Å². The molecule has 0 amide bonds. The number of rotatable bonds is 2. The maximum atomic E-state index is 11.5. The summed E-state index contributed by atoms with van der Waals surface area (Å²) in [6, 6.07) is 5.60. The molecule has 84 valence electrons. The normalized spacial score (nSPS) is 18.9. The van der Waals surface area contributed by atoms with E-state index < -0.39 is 11.4 Å². The highest BCUT2D eigenvalue weighted by atomic mass is 32.1. The van der Waals surface area contributed by atoms with Gasteiger partial charge in [0.05, 0.1) is 0 Å². The van der Waals surface area contributed by atoms with Gasteiger partial charge in [-0.25, -0.2) is 0 Å². The fourth-order valence-electron chi connectivity index (χ4n) is 2.38. The zero-order chi connectivity index (χ0) is 11.6. The number of carboxylic acid groups (broad SMARTS) is 1. The third kappa shape index (κ3) is 1.72. The van der Waals surface area contributed by atoms with Crippen LogP contribution in [-0.2, 0) is 10.2 Å². The van der Waals surface area contributed by atoms with Crippen molar-refractivity contribution >= 4 is 17.3 Å². The van der Waals surface area contributed by atoms with Gasteiger partial charge in [0.15, 0.2) is 0 Å². The van der Waals surface area contributed by atoms with Gasteiger partial charge in [0.25, 0.3) is 0 Å². The first-order valence-electron chi connectivity index (χ1n) is 5.43. The summed E-state index contributed by atoms with van der Waals surface area (Å²) >= 11 is 1.32. The summed E-state index contributed by atoms with van der Waals surface area (Å²) in [5.41, 5.74) is -0.724. The second-order valence-corrected chi connectivity index (χ2v) is 5.31. The molecule has 1 N–H and O–H groups in total. The predicted octanol–water partition coefficient (Wildman–Crippen LogP) is 2.91. The Kier molecular flexibility index (Phi) is 2.97. The van der Waals surface area contributed by atoms with Crippen LogP contribution in [0.4, 0.5) is 0 Å². The molecular weight excluding hydrogens is 222 g/mol. The summed E-state index contributed by atoms with van der Waals surface area (Å²) in [5, 5.41) is 18.2. The molecule has 3 nitrogen and oxygen atoms in total. The van der Waals surface area contributed by atoms with Crippen molar-refractivity contribution in [1.29, 1.82) is 5.26 Å². The van der Waals surface area contributed by atoms with Crippen LogP contribution in [0.2, 0.25) is 0 Å². The molecule has 0 atom stereocenters. The van der Waals surface area contributed by atoms with Gasteiger partial charge < -0.3 is 5.11 Å². The molecule has 1 aromatic heterocycles. The molecule has 1 fully saturated rings. The number of nitrogens with zero attached hydrogens (tertiary/aromatic N) is 1. The molecule has 1 aliphatic carbocycles. The van der Waals surface area contributed by atoms with Gasteiger partial charge in [0.2, 0.25) is 0 Å². The minimum atomic E-state index is -0.737. The Morgan fingerprint density at radius 2 is 2.06 bits per heavy atom. The molecule has 1 aliphatic rings. The van der Waals surface area contributed by atoms with E-state index in [2.05, 4.69) is 6.07 Å². The standard InChI is InChI=1S/C12H13NO2S/c13-8-9-4-5-10(16-9)12(11(14)15)6-2-1-3-7-12/h4-5H,1-3,6-7H2,(H,14,15). The molecule has 0 spiro atoms. The number of thiophene rings is 1. The third-order valence-electron chi connectivity index (χ3n) is 3.30. The molecule has 0 aliphatic heterocycles. The minimum Gasteiger partial charge on any atom is -0.481 e. The summed E-state index contributed by atoms with van der Waals surface area (Å²) in [4.78, 5) is 12.9. The van der Waals surface area contributed by atoms with Crippen molar-refractivity contribution in [2.45, 2.75) is 37.5 Å². The van der Waals surface area contributed by atoms with Crippen molar-refractivity contribution in [2.24, 2.45) is 0 Å². The lowest BCUT2D eigenvalue weighted by Gasteiger charge is -2.32. The van der Waals surface area contributed by atoms with E-state index in [1.807, 2.05) is 6.07 Å². The van der Waals surface area contributed by atoms with Gasteiger partial charge >= 0.3 is 5.97 Å². The monoisotopic (exact) mass is 235 g/mol. The van der Waals surface area contributed by atoms with Crippen molar-refractivity contribution < 1.29 is 9.90 Å². The maximum Gasteiger partial charge on any atom is 0.314 e. The number of carboxylic acids is 1. The van der Waals surface area contributed by atoms with E-state index in [0.29, 0.717) is 17.7 Å². The van der Waals surface area contributed by atoms with E-state index in [1.54, 1.807) is 6.07 Å². The number of hydrogen-bond acceptors (Lipinski definition) is 3. The number of nitriles is 1. The minimum absolute atomic E-state index is 0.598. The van der Waals surface area contributed by atoms with Gasteiger partial charge in [-0.05, 0) is 25.0 Å². The van der Waals surface area contributed by atoms with Gasteiger partial charge in [-0.2, -0.15) is 5.26 Å². The van der Waals surface area contributed by atoms with Crippen LogP contribution in [0.3, 0.4) is 0 Å². The molecule has 0 saturated heterocycles. The molecule has 1 aromatic rings. The van der Waals surface area contributed by atoms with Crippen LogP contribution in [0, 0.1) is 11.3 Å². The Morgan fingerprint density at radius 3 is 2.56 bits per heavy atom. The smallest absolute Gasteiger partial charge is 0.314 e. The van der Waals surface area contributed by atoms with E-state index in [4.69, 9.17) is 5.26 Å². The summed E-state index contributed by atoms with van der Waals surface area (Å²) < 4.78 is 0. The maximum absolute atomic E-state index is 11.5. The molecule has 1 heterocycles. The first kappa shape index (κ1) is 11.2. The number of aliphatic carboxylic acids is 1. The lowest BCUT2D eigenvalue weighted by atomic mass is 9.73. The quantitative estimate of drug-likeness (QED) is 0.857. The van der Waals surface area contributed by atoms with Gasteiger partial charge in [-0.1, -0.05) is 19.3 Å². The SMILES string of the molecule is N#Cc1ccc(C2(C(=O)O)CCCCC2)s1. The van der Waals surface area contributed by atoms with E-state index in [9.17, 15) is 9.90 Å². The molecule has 1 saturated carbocycles. The molecular formula is C12H13NO2S. The Hall–Kier alpha value is -1.34. The third-order valence-corrected chi connectivity index (χ3v) is 4.50. The average Bonchev–Trinajstić information content (AvgIpc) is 2.78. The highest BCUT2D eigenvalue weighted by molar-refractivity contribution is 7.12. The number of carbonyl (C=O) groups is 1.